The molecule has 2 aliphatic rings. The first-order valence-electron chi connectivity index (χ1n) is 9.83. The third-order valence-corrected chi connectivity index (χ3v) is 6.32. The van der Waals surface area contributed by atoms with Crippen LogP contribution in [0.5, 0.6) is 0 Å². The number of halogens is 2. The number of hydrogen-bond donors (Lipinski definition) is 0. The Kier molecular flexibility index (Phi) is 8.82. The lowest BCUT2D eigenvalue weighted by Crippen LogP contribution is -2.33. The van der Waals surface area contributed by atoms with Gasteiger partial charge in [-0.25, -0.2) is 0 Å². The fraction of sp³-hybridized carbons (Fsp3) is 0.636. The molecule has 2 unspecified atom stereocenters. The van der Waals surface area contributed by atoms with Crippen LogP contribution in [0.1, 0.15) is 74.8 Å². The van der Waals surface area contributed by atoms with Crippen LogP contribution < -0.4 is 0 Å². The molecule has 0 spiro atoms. The van der Waals surface area contributed by atoms with Gasteiger partial charge in [-0.05, 0) is 56.2 Å². The van der Waals surface area contributed by atoms with Crippen molar-refractivity contribution in [1.82, 2.24) is 4.90 Å². The Morgan fingerprint density at radius 3 is 2.40 bits per heavy atom. The van der Waals surface area contributed by atoms with E-state index in [1.54, 1.807) is 0 Å². The standard InChI is InChI=1S/C22H32ClN.ClH/c1-24(22-10-3-2-4-11-22)16-6-7-18-12-14-19(15-13-18)20-8-5-9-21(23)17-20;/h6-7,12-15,20-22H,2-5,8-11,16-17H2,1H3;1H. The molecule has 0 aromatic heterocycles. The third kappa shape index (κ3) is 6.31. The van der Waals surface area contributed by atoms with Gasteiger partial charge in [0.1, 0.15) is 0 Å². The molecule has 140 valence electrons. The maximum atomic E-state index is 6.34. The van der Waals surface area contributed by atoms with Crippen LogP contribution in [0.2, 0.25) is 0 Å². The smallest absolute Gasteiger partial charge is 0.0341 e. The van der Waals surface area contributed by atoms with Gasteiger partial charge in [-0.3, -0.25) is 4.90 Å². The molecule has 2 fully saturated rings. The number of nitrogens with zero attached hydrogens (tertiary/aromatic N) is 1. The van der Waals surface area contributed by atoms with Crippen LogP contribution >= 0.6 is 24.0 Å². The molecule has 1 aromatic carbocycles. The van der Waals surface area contributed by atoms with E-state index in [0.717, 1.165) is 19.0 Å². The van der Waals surface area contributed by atoms with Gasteiger partial charge in [0.2, 0.25) is 0 Å². The quantitative estimate of drug-likeness (QED) is 0.515. The summed E-state index contributed by atoms with van der Waals surface area (Å²) in [5.74, 6) is 0.664. The summed E-state index contributed by atoms with van der Waals surface area (Å²) in [5, 5.41) is 0.374. The van der Waals surface area contributed by atoms with Crippen molar-refractivity contribution in [2.75, 3.05) is 13.6 Å². The van der Waals surface area contributed by atoms with E-state index in [0.29, 0.717) is 11.3 Å². The summed E-state index contributed by atoms with van der Waals surface area (Å²) in [7, 11) is 2.27. The molecule has 3 heteroatoms. The number of likely N-dealkylation sites (N-methyl/N-ethyl adjacent to an activating group) is 1. The Hall–Kier alpha value is -0.500. The maximum Gasteiger partial charge on any atom is 0.0341 e. The SMILES string of the molecule is CN(CC=Cc1ccc(C2CCCC(Cl)C2)cc1)C1CCCCC1.Cl. The average molecular weight is 382 g/mol. The van der Waals surface area contributed by atoms with Crippen molar-refractivity contribution in [1.29, 1.82) is 0 Å². The van der Waals surface area contributed by atoms with Crippen LogP contribution in [0.3, 0.4) is 0 Å². The minimum atomic E-state index is 0. The molecule has 3 rings (SSSR count). The summed E-state index contributed by atoms with van der Waals surface area (Å²) in [4.78, 5) is 2.52. The van der Waals surface area contributed by atoms with Crippen molar-refractivity contribution in [3.05, 3.63) is 41.5 Å². The van der Waals surface area contributed by atoms with Crippen LogP contribution in [0.25, 0.3) is 6.08 Å². The predicted octanol–water partition coefficient (Wildman–Crippen LogP) is 6.65. The van der Waals surface area contributed by atoms with Gasteiger partial charge in [0, 0.05) is 18.0 Å². The van der Waals surface area contributed by atoms with Gasteiger partial charge in [0.25, 0.3) is 0 Å². The van der Waals surface area contributed by atoms with Crippen LogP contribution in [0.15, 0.2) is 30.3 Å². The minimum Gasteiger partial charge on any atom is -0.300 e. The normalized spacial score (nSPS) is 25.2. The van der Waals surface area contributed by atoms with Gasteiger partial charge in [0.15, 0.2) is 0 Å². The first-order valence-corrected chi connectivity index (χ1v) is 10.3. The first-order chi connectivity index (χ1) is 11.7. The van der Waals surface area contributed by atoms with Gasteiger partial charge in [-0.1, -0.05) is 62.1 Å². The third-order valence-electron chi connectivity index (χ3n) is 5.92. The first kappa shape index (κ1) is 20.8. The summed E-state index contributed by atoms with van der Waals surface area (Å²) < 4.78 is 0. The Morgan fingerprint density at radius 2 is 1.72 bits per heavy atom. The summed E-state index contributed by atoms with van der Waals surface area (Å²) in [6.45, 7) is 1.06. The number of rotatable bonds is 5. The van der Waals surface area contributed by atoms with E-state index < -0.39 is 0 Å². The van der Waals surface area contributed by atoms with Gasteiger partial charge >= 0.3 is 0 Å². The molecule has 0 amide bonds. The summed E-state index contributed by atoms with van der Waals surface area (Å²) in [6.07, 6.45) is 16.5. The van der Waals surface area contributed by atoms with Crippen molar-refractivity contribution >= 4 is 30.1 Å². The maximum absolute atomic E-state index is 6.34. The lowest BCUT2D eigenvalue weighted by Gasteiger charge is -2.30. The molecule has 0 saturated heterocycles. The van der Waals surface area contributed by atoms with E-state index >= 15 is 0 Å². The molecular weight excluding hydrogens is 349 g/mol. The molecule has 0 bridgehead atoms. The van der Waals surface area contributed by atoms with E-state index in [4.69, 9.17) is 11.6 Å². The number of hydrogen-bond acceptors (Lipinski definition) is 1. The summed E-state index contributed by atoms with van der Waals surface area (Å²) in [6, 6.07) is 9.95. The topological polar surface area (TPSA) is 3.24 Å². The summed E-state index contributed by atoms with van der Waals surface area (Å²) in [5.41, 5.74) is 2.78. The highest BCUT2D eigenvalue weighted by Gasteiger charge is 2.21. The van der Waals surface area contributed by atoms with E-state index in [9.17, 15) is 0 Å². The van der Waals surface area contributed by atoms with Gasteiger partial charge in [-0.2, -0.15) is 0 Å². The van der Waals surface area contributed by atoms with Crippen molar-refractivity contribution < 1.29 is 0 Å². The second-order valence-corrected chi connectivity index (χ2v) is 8.38. The van der Waals surface area contributed by atoms with Gasteiger partial charge in [-0.15, -0.1) is 24.0 Å². The van der Waals surface area contributed by atoms with E-state index in [-0.39, 0.29) is 12.4 Å². The van der Waals surface area contributed by atoms with Gasteiger partial charge in [0.05, 0.1) is 0 Å². The fourth-order valence-electron chi connectivity index (χ4n) is 4.34. The van der Waals surface area contributed by atoms with Crippen LogP contribution in [-0.2, 0) is 0 Å². The molecule has 25 heavy (non-hydrogen) atoms. The fourth-order valence-corrected chi connectivity index (χ4v) is 4.71. The lowest BCUT2D eigenvalue weighted by atomic mass is 9.83. The summed E-state index contributed by atoms with van der Waals surface area (Å²) >= 11 is 6.34. The van der Waals surface area contributed by atoms with Gasteiger partial charge < -0.3 is 0 Å². The minimum absolute atomic E-state index is 0. The Morgan fingerprint density at radius 1 is 1.00 bits per heavy atom. The van der Waals surface area contributed by atoms with Crippen LogP contribution in [-0.4, -0.2) is 29.9 Å². The molecule has 0 heterocycles. The number of alkyl halides is 1. The molecule has 2 aliphatic carbocycles. The largest absolute Gasteiger partial charge is 0.300 e. The lowest BCUT2D eigenvalue weighted by molar-refractivity contribution is 0.209. The Bertz CT molecular complexity index is 519. The van der Waals surface area contributed by atoms with Crippen molar-refractivity contribution in [2.45, 2.75) is 75.1 Å². The second kappa shape index (κ2) is 10.6. The highest BCUT2D eigenvalue weighted by molar-refractivity contribution is 6.20. The van der Waals surface area contributed by atoms with E-state index in [2.05, 4.69) is 48.4 Å². The van der Waals surface area contributed by atoms with Crippen LogP contribution in [0, 0.1) is 0 Å². The Balaban J connectivity index is 0.00000225. The monoisotopic (exact) mass is 381 g/mol. The molecule has 1 aromatic rings. The highest BCUT2D eigenvalue weighted by atomic mass is 35.5. The zero-order chi connectivity index (χ0) is 16.8. The van der Waals surface area contributed by atoms with Crippen molar-refractivity contribution in [3.63, 3.8) is 0 Å². The molecule has 1 nitrogen and oxygen atoms in total. The highest BCUT2D eigenvalue weighted by Crippen LogP contribution is 2.35. The molecule has 0 radical (unpaired) electrons. The van der Waals surface area contributed by atoms with E-state index in [1.807, 2.05) is 0 Å². The van der Waals surface area contributed by atoms with Crippen molar-refractivity contribution in [2.24, 2.45) is 0 Å². The second-order valence-electron chi connectivity index (χ2n) is 7.76. The molecule has 2 saturated carbocycles. The van der Waals surface area contributed by atoms with Crippen molar-refractivity contribution in [3.8, 4) is 0 Å². The molecular formula is C22H33Cl2N. The molecule has 0 aliphatic heterocycles. The Labute approximate surface area is 165 Å². The number of benzene rings is 1. The zero-order valence-corrected chi connectivity index (χ0v) is 17.1. The average Bonchev–Trinajstić information content (AvgIpc) is 2.63. The van der Waals surface area contributed by atoms with E-state index in [1.165, 1.54) is 62.5 Å². The molecule has 2 atom stereocenters. The molecule has 0 N–H and O–H groups in total. The van der Waals surface area contributed by atoms with Crippen LogP contribution in [0.4, 0.5) is 0 Å². The predicted molar refractivity (Wildman–Crippen MR) is 113 cm³/mol. The zero-order valence-electron chi connectivity index (χ0n) is 15.5.